The third-order valence-corrected chi connectivity index (χ3v) is 5.03. The maximum Gasteiger partial charge on any atom is 0.416 e. The van der Waals surface area contributed by atoms with E-state index in [0.29, 0.717) is 21.4 Å². The zero-order chi connectivity index (χ0) is 24.0. The van der Waals surface area contributed by atoms with E-state index in [4.69, 9.17) is 27.9 Å². The van der Waals surface area contributed by atoms with E-state index in [1.54, 1.807) is 42.5 Å². The van der Waals surface area contributed by atoms with Gasteiger partial charge in [-0.15, -0.1) is 0 Å². The van der Waals surface area contributed by atoms with Crippen molar-refractivity contribution in [2.75, 3.05) is 5.32 Å². The number of anilines is 1. The van der Waals surface area contributed by atoms with Crippen LogP contribution in [0.5, 0.6) is 5.75 Å². The zero-order valence-electron chi connectivity index (χ0n) is 16.8. The Balaban J connectivity index is 1.84. The molecule has 0 bridgehead atoms. The molecule has 0 saturated carbocycles. The van der Waals surface area contributed by atoms with Gasteiger partial charge in [0, 0.05) is 26.9 Å². The molecular weight excluding hydrogens is 476 g/mol. The molecule has 0 aliphatic rings. The molecule has 3 aromatic rings. The van der Waals surface area contributed by atoms with Gasteiger partial charge < -0.3 is 10.1 Å². The maximum absolute atomic E-state index is 12.9. The van der Waals surface area contributed by atoms with Crippen molar-refractivity contribution in [2.24, 2.45) is 0 Å². The lowest BCUT2D eigenvalue weighted by molar-refractivity contribution is -0.137. The van der Waals surface area contributed by atoms with Crippen molar-refractivity contribution in [1.82, 2.24) is 0 Å². The minimum absolute atomic E-state index is 0.0998. The fraction of sp³-hybridized carbons (Fsp3) is 0.0833. The molecule has 0 aliphatic heterocycles. The number of rotatable bonds is 6. The first-order valence-corrected chi connectivity index (χ1v) is 10.2. The van der Waals surface area contributed by atoms with E-state index in [1.165, 1.54) is 18.2 Å². The first kappa shape index (κ1) is 24.2. The van der Waals surface area contributed by atoms with Crippen molar-refractivity contribution in [1.29, 1.82) is 5.26 Å². The van der Waals surface area contributed by atoms with Gasteiger partial charge in [0.15, 0.2) is 0 Å². The second-order valence-electron chi connectivity index (χ2n) is 6.76. The molecule has 0 saturated heterocycles. The number of halogens is 5. The Labute approximate surface area is 197 Å². The Morgan fingerprint density at radius 2 is 1.82 bits per heavy atom. The molecular formula is C24H15Cl2F3N2O2. The SMILES string of the molecule is N#C/C(=C\c1cc(Cl)ccc1OCc1ccccc1Cl)C(=O)Nc1cccc(C(F)(F)F)c1. The third-order valence-electron chi connectivity index (χ3n) is 4.43. The van der Waals surface area contributed by atoms with Gasteiger partial charge >= 0.3 is 6.18 Å². The van der Waals surface area contributed by atoms with E-state index in [-0.39, 0.29) is 17.9 Å². The number of carbonyl (C=O) groups is 1. The highest BCUT2D eigenvalue weighted by atomic mass is 35.5. The normalized spacial score (nSPS) is 11.6. The Kier molecular flexibility index (Phi) is 7.64. The highest BCUT2D eigenvalue weighted by Gasteiger charge is 2.30. The van der Waals surface area contributed by atoms with Gasteiger partial charge in [0.2, 0.25) is 0 Å². The summed E-state index contributed by atoms with van der Waals surface area (Å²) in [5.41, 5.74) is -0.306. The van der Waals surface area contributed by atoms with Crippen LogP contribution in [0.25, 0.3) is 6.08 Å². The molecule has 3 aromatic carbocycles. The van der Waals surface area contributed by atoms with E-state index in [9.17, 15) is 23.2 Å². The van der Waals surface area contributed by atoms with Crippen molar-refractivity contribution >= 4 is 40.9 Å². The lowest BCUT2D eigenvalue weighted by Gasteiger charge is -2.12. The maximum atomic E-state index is 12.9. The summed E-state index contributed by atoms with van der Waals surface area (Å²) < 4.78 is 44.5. The number of alkyl halides is 3. The van der Waals surface area contributed by atoms with Crippen LogP contribution < -0.4 is 10.1 Å². The van der Waals surface area contributed by atoms with Gasteiger partial charge in [-0.2, -0.15) is 18.4 Å². The molecule has 0 aliphatic carbocycles. The van der Waals surface area contributed by atoms with E-state index in [2.05, 4.69) is 5.32 Å². The number of hydrogen-bond donors (Lipinski definition) is 1. The molecule has 0 heterocycles. The van der Waals surface area contributed by atoms with Crippen LogP contribution >= 0.6 is 23.2 Å². The summed E-state index contributed by atoms with van der Waals surface area (Å²) in [6.07, 6.45) is -3.32. The third kappa shape index (κ3) is 6.51. The standard InChI is InChI=1S/C24H15Cl2F3N2O2/c25-19-8-9-22(33-14-15-4-1-2-7-21(15)26)16(11-19)10-17(13-30)23(32)31-20-6-3-5-18(12-20)24(27,28)29/h1-12H,14H2,(H,31,32)/b17-10+. The molecule has 3 rings (SSSR count). The van der Waals surface area contributed by atoms with Crippen molar-refractivity contribution in [3.05, 3.63) is 99.0 Å². The Morgan fingerprint density at radius 3 is 2.52 bits per heavy atom. The largest absolute Gasteiger partial charge is 0.488 e. The van der Waals surface area contributed by atoms with Crippen LogP contribution in [0.2, 0.25) is 10.0 Å². The topological polar surface area (TPSA) is 62.1 Å². The fourth-order valence-corrected chi connectivity index (χ4v) is 3.18. The molecule has 168 valence electrons. The van der Waals surface area contributed by atoms with Gasteiger partial charge in [0.25, 0.3) is 5.91 Å². The average molecular weight is 491 g/mol. The number of benzene rings is 3. The van der Waals surface area contributed by atoms with Gasteiger partial charge in [0.05, 0.1) is 5.56 Å². The highest BCUT2D eigenvalue weighted by molar-refractivity contribution is 6.31. The van der Waals surface area contributed by atoms with Crippen LogP contribution in [0.15, 0.2) is 72.3 Å². The van der Waals surface area contributed by atoms with Gasteiger partial charge in [0.1, 0.15) is 24.0 Å². The summed E-state index contributed by atoms with van der Waals surface area (Å²) in [4.78, 5) is 12.6. The second kappa shape index (κ2) is 10.4. The summed E-state index contributed by atoms with van der Waals surface area (Å²) in [5, 5.41) is 12.6. The number of nitrogens with zero attached hydrogens (tertiary/aromatic N) is 1. The molecule has 0 atom stereocenters. The number of ether oxygens (including phenoxy) is 1. The number of nitriles is 1. The molecule has 0 spiro atoms. The summed E-state index contributed by atoms with van der Waals surface area (Å²) in [6.45, 7) is 0.125. The second-order valence-corrected chi connectivity index (χ2v) is 7.61. The Morgan fingerprint density at radius 1 is 1.06 bits per heavy atom. The van der Waals surface area contributed by atoms with Crippen LogP contribution in [0.3, 0.4) is 0 Å². The van der Waals surface area contributed by atoms with E-state index in [1.807, 2.05) is 0 Å². The summed E-state index contributed by atoms with van der Waals surface area (Å²) in [6, 6.07) is 17.6. The van der Waals surface area contributed by atoms with E-state index >= 15 is 0 Å². The molecule has 9 heteroatoms. The quantitative estimate of drug-likeness (QED) is 0.295. The van der Waals surface area contributed by atoms with Crippen LogP contribution in [0, 0.1) is 11.3 Å². The predicted octanol–water partition coefficient (Wildman–Crippen LogP) is 7.14. The lowest BCUT2D eigenvalue weighted by Crippen LogP contribution is -2.14. The van der Waals surface area contributed by atoms with Crippen LogP contribution in [0.4, 0.5) is 18.9 Å². The Bertz CT molecular complexity index is 1250. The van der Waals surface area contributed by atoms with Crippen molar-refractivity contribution < 1.29 is 22.7 Å². The molecule has 33 heavy (non-hydrogen) atoms. The number of carbonyl (C=O) groups excluding carboxylic acids is 1. The zero-order valence-corrected chi connectivity index (χ0v) is 18.3. The van der Waals surface area contributed by atoms with Gasteiger partial charge in [-0.3, -0.25) is 4.79 Å². The summed E-state index contributed by atoms with van der Waals surface area (Å²) >= 11 is 12.2. The van der Waals surface area contributed by atoms with Crippen molar-refractivity contribution in [3.8, 4) is 11.8 Å². The minimum atomic E-state index is -4.57. The highest BCUT2D eigenvalue weighted by Crippen LogP contribution is 2.31. The van der Waals surface area contributed by atoms with Crippen LogP contribution in [-0.2, 0) is 17.6 Å². The number of amides is 1. The molecule has 4 nitrogen and oxygen atoms in total. The monoisotopic (exact) mass is 490 g/mol. The summed E-state index contributed by atoms with van der Waals surface area (Å²) in [7, 11) is 0. The smallest absolute Gasteiger partial charge is 0.416 e. The molecule has 0 unspecified atom stereocenters. The van der Waals surface area contributed by atoms with Gasteiger partial charge in [-0.05, 0) is 48.5 Å². The van der Waals surface area contributed by atoms with Crippen LogP contribution in [-0.4, -0.2) is 5.91 Å². The molecule has 0 fully saturated rings. The fourth-order valence-electron chi connectivity index (χ4n) is 2.81. The molecule has 1 N–H and O–H groups in total. The van der Waals surface area contributed by atoms with Crippen molar-refractivity contribution in [2.45, 2.75) is 12.8 Å². The number of hydrogen-bond acceptors (Lipinski definition) is 3. The molecule has 0 radical (unpaired) electrons. The first-order valence-electron chi connectivity index (χ1n) is 9.43. The molecule has 1 amide bonds. The average Bonchev–Trinajstić information content (AvgIpc) is 2.77. The van der Waals surface area contributed by atoms with Crippen molar-refractivity contribution in [3.63, 3.8) is 0 Å². The van der Waals surface area contributed by atoms with Gasteiger partial charge in [-0.25, -0.2) is 0 Å². The van der Waals surface area contributed by atoms with E-state index in [0.717, 1.165) is 23.8 Å². The number of nitrogens with one attached hydrogen (secondary N) is 1. The Hall–Kier alpha value is -3.47. The van der Waals surface area contributed by atoms with E-state index < -0.39 is 17.6 Å². The minimum Gasteiger partial charge on any atom is -0.488 e. The predicted molar refractivity (Wildman–Crippen MR) is 121 cm³/mol. The molecule has 0 aromatic heterocycles. The van der Waals surface area contributed by atoms with Gasteiger partial charge in [-0.1, -0.05) is 47.5 Å². The first-order chi connectivity index (χ1) is 15.7. The van der Waals surface area contributed by atoms with Crippen LogP contribution in [0.1, 0.15) is 16.7 Å². The lowest BCUT2D eigenvalue weighted by atomic mass is 10.1. The summed E-state index contributed by atoms with van der Waals surface area (Å²) in [5.74, 6) is -0.548.